The Bertz CT molecular complexity index is 416. The number of alkyl halides is 3. The number of Topliss-reactive ketones (excluding diaryl/α,β-unsaturated/α-hetero) is 1. The Morgan fingerprint density at radius 3 is 2.53 bits per heavy atom. The van der Waals surface area contributed by atoms with E-state index in [1.54, 1.807) is 0 Å². The fourth-order valence-corrected chi connectivity index (χ4v) is 1.79. The lowest BCUT2D eigenvalue weighted by atomic mass is 10.1. The zero-order chi connectivity index (χ0) is 13.1. The Morgan fingerprint density at radius 1 is 1.41 bits per heavy atom. The number of rotatable bonds is 4. The van der Waals surface area contributed by atoms with Crippen molar-refractivity contribution in [2.24, 2.45) is 0 Å². The molecule has 0 unspecified atom stereocenters. The van der Waals surface area contributed by atoms with Gasteiger partial charge >= 0.3 is 6.18 Å². The first-order chi connectivity index (χ1) is 7.79. The lowest BCUT2D eigenvalue weighted by molar-refractivity contribution is -0.139. The van der Waals surface area contributed by atoms with Crippen molar-refractivity contribution in [1.82, 2.24) is 0 Å². The highest BCUT2D eigenvalue weighted by molar-refractivity contribution is 9.10. The first-order valence-electron chi connectivity index (χ1n) is 4.79. The van der Waals surface area contributed by atoms with E-state index >= 15 is 0 Å². The van der Waals surface area contributed by atoms with Crippen molar-refractivity contribution < 1.29 is 22.7 Å². The van der Waals surface area contributed by atoms with Crippen molar-refractivity contribution in [2.75, 3.05) is 6.61 Å². The molecule has 0 heterocycles. The summed E-state index contributed by atoms with van der Waals surface area (Å²) < 4.78 is 41.1. The van der Waals surface area contributed by atoms with Crippen molar-refractivity contribution in [2.45, 2.75) is 19.5 Å². The van der Waals surface area contributed by atoms with Gasteiger partial charge in [-0.05, 0) is 41.1 Å². The number of hydrogen-bond donors (Lipinski definition) is 0. The molecule has 1 rings (SSSR count). The number of halogens is 4. The first-order valence-corrected chi connectivity index (χ1v) is 5.59. The van der Waals surface area contributed by atoms with E-state index in [-0.39, 0.29) is 5.78 Å². The van der Waals surface area contributed by atoms with Crippen molar-refractivity contribution in [3.63, 3.8) is 0 Å². The highest BCUT2D eigenvalue weighted by Gasteiger charge is 2.26. The minimum Gasteiger partial charge on any atom is -0.493 e. The summed E-state index contributed by atoms with van der Waals surface area (Å²) in [6, 6.07) is 4.46. The minimum atomic E-state index is -4.23. The lowest BCUT2D eigenvalue weighted by Crippen LogP contribution is -2.13. The van der Waals surface area contributed by atoms with E-state index in [1.165, 1.54) is 25.1 Å². The van der Waals surface area contributed by atoms with Gasteiger partial charge in [0.05, 0.1) is 13.0 Å². The van der Waals surface area contributed by atoms with Gasteiger partial charge in [0, 0.05) is 10.0 Å². The van der Waals surface area contributed by atoms with E-state index < -0.39 is 19.2 Å². The topological polar surface area (TPSA) is 26.3 Å². The zero-order valence-corrected chi connectivity index (χ0v) is 10.6. The fraction of sp³-hybridized carbons (Fsp3) is 0.364. The normalized spacial score (nSPS) is 11.4. The van der Waals surface area contributed by atoms with Gasteiger partial charge in [-0.1, -0.05) is 0 Å². The maximum absolute atomic E-state index is 11.9. The third kappa shape index (κ3) is 4.77. The molecule has 6 heteroatoms. The molecular formula is C11H10BrF3O2. The van der Waals surface area contributed by atoms with Crippen LogP contribution in [0.2, 0.25) is 0 Å². The maximum Gasteiger partial charge on any atom is 0.392 e. The van der Waals surface area contributed by atoms with Gasteiger partial charge in [-0.3, -0.25) is 4.79 Å². The van der Waals surface area contributed by atoms with Crippen molar-refractivity contribution in [1.29, 1.82) is 0 Å². The number of hydrogen-bond acceptors (Lipinski definition) is 2. The van der Waals surface area contributed by atoms with Gasteiger partial charge in [0.25, 0.3) is 0 Å². The van der Waals surface area contributed by atoms with Crippen molar-refractivity contribution in [3.05, 3.63) is 28.2 Å². The molecule has 94 valence electrons. The van der Waals surface area contributed by atoms with Crippen LogP contribution < -0.4 is 4.74 Å². The fourth-order valence-electron chi connectivity index (χ4n) is 1.16. The van der Waals surface area contributed by atoms with E-state index in [0.717, 1.165) is 0 Å². The molecule has 2 nitrogen and oxygen atoms in total. The average Bonchev–Trinajstić information content (AvgIpc) is 2.15. The van der Waals surface area contributed by atoms with Crippen LogP contribution in [0.5, 0.6) is 5.75 Å². The standard InChI is InChI=1S/C11H10BrF3O2/c1-7(16)9-3-2-8(6-10(9)12)17-5-4-11(13,14)15/h2-3,6H,4-5H2,1H3. The van der Waals surface area contributed by atoms with E-state index in [4.69, 9.17) is 4.74 Å². The molecule has 0 amide bonds. The van der Waals surface area contributed by atoms with Crippen LogP contribution in [0.3, 0.4) is 0 Å². The molecule has 0 radical (unpaired) electrons. The summed E-state index contributed by atoms with van der Waals surface area (Å²) in [5.41, 5.74) is 0.466. The van der Waals surface area contributed by atoms with Gasteiger partial charge < -0.3 is 4.74 Å². The summed E-state index contributed by atoms with van der Waals surface area (Å²) in [4.78, 5) is 11.1. The third-order valence-electron chi connectivity index (χ3n) is 1.97. The molecule has 1 aromatic carbocycles. The monoisotopic (exact) mass is 310 g/mol. The highest BCUT2D eigenvalue weighted by Crippen LogP contribution is 2.25. The SMILES string of the molecule is CC(=O)c1ccc(OCCC(F)(F)F)cc1Br. The average molecular weight is 311 g/mol. The van der Waals surface area contributed by atoms with Gasteiger partial charge in [-0.15, -0.1) is 0 Å². The van der Waals surface area contributed by atoms with E-state index in [2.05, 4.69) is 15.9 Å². The maximum atomic E-state index is 11.9. The van der Waals surface area contributed by atoms with Crippen LogP contribution in [0, 0.1) is 0 Å². The second kappa shape index (κ2) is 5.53. The lowest BCUT2D eigenvalue weighted by Gasteiger charge is -2.09. The van der Waals surface area contributed by atoms with Gasteiger partial charge in [-0.2, -0.15) is 13.2 Å². The van der Waals surface area contributed by atoms with Gasteiger partial charge in [0.2, 0.25) is 0 Å². The zero-order valence-electron chi connectivity index (χ0n) is 8.97. The molecule has 0 saturated carbocycles. The summed E-state index contributed by atoms with van der Waals surface area (Å²) in [6.07, 6.45) is -5.23. The minimum absolute atomic E-state index is 0.126. The first kappa shape index (κ1) is 14.0. The quantitative estimate of drug-likeness (QED) is 0.786. The van der Waals surface area contributed by atoms with Crippen LogP contribution in [0.4, 0.5) is 13.2 Å². The molecule has 0 atom stereocenters. The largest absolute Gasteiger partial charge is 0.493 e. The van der Waals surface area contributed by atoms with Crippen LogP contribution >= 0.6 is 15.9 Å². The van der Waals surface area contributed by atoms with Crippen LogP contribution in [0.25, 0.3) is 0 Å². The smallest absolute Gasteiger partial charge is 0.392 e. The van der Waals surface area contributed by atoms with E-state index in [1.807, 2.05) is 0 Å². The summed E-state index contributed by atoms with van der Waals surface area (Å²) in [7, 11) is 0. The predicted molar refractivity (Wildman–Crippen MR) is 60.3 cm³/mol. The summed E-state index contributed by atoms with van der Waals surface area (Å²) >= 11 is 3.16. The Hall–Kier alpha value is -1.04. The van der Waals surface area contributed by atoms with Crippen LogP contribution in [-0.2, 0) is 0 Å². The molecule has 17 heavy (non-hydrogen) atoms. The third-order valence-corrected chi connectivity index (χ3v) is 2.63. The van der Waals surface area contributed by atoms with Crippen LogP contribution in [0.15, 0.2) is 22.7 Å². The second-order valence-corrected chi connectivity index (χ2v) is 4.27. The van der Waals surface area contributed by atoms with Crippen molar-refractivity contribution >= 4 is 21.7 Å². The molecule has 0 bridgehead atoms. The number of carbonyl (C=O) groups excluding carboxylic acids is 1. The van der Waals surface area contributed by atoms with Crippen LogP contribution in [-0.4, -0.2) is 18.6 Å². The molecule has 0 aliphatic carbocycles. The second-order valence-electron chi connectivity index (χ2n) is 3.41. The van der Waals surface area contributed by atoms with Crippen LogP contribution in [0.1, 0.15) is 23.7 Å². The molecule has 0 saturated heterocycles. The number of carbonyl (C=O) groups is 1. The van der Waals surface area contributed by atoms with E-state index in [0.29, 0.717) is 15.8 Å². The molecule has 1 aromatic rings. The van der Waals surface area contributed by atoms with Gasteiger partial charge in [0.1, 0.15) is 5.75 Å². The Labute approximate surface area is 105 Å². The molecule has 0 aromatic heterocycles. The molecule has 0 aliphatic heterocycles. The predicted octanol–water partition coefficient (Wildman–Crippen LogP) is 3.98. The highest BCUT2D eigenvalue weighted by atomic mass is 79.9. The Morgan fingerprint density at radius 2 is 2.06 bits per heavy atom. The number of ketones is 1. The number of ether oxygens (including phenoxy) is 1. The van der Waals surface area contributed by atoms with Crippen molar-refractivity contribution in [3.8, 4) is 5.75 Å². The number of benzene rings is 1. The molecular weight excluding hydrogens is 301 g/mol. The molecule has 0 spiro atoms. The Balaban J connectivity index is 2.62. The summed E-state index contributed by atoms with van der Waals surface area (Å²) in [5, 5.41) is 0. The van der Waals surface area contributed by atoms with Gasteiger partial charge in [0.15, 0.2) is 5.78 Å². The summed E-state index contributed by atoms with van der Waals surface area (Å²) in [5.74, 6) is 0.171. The molecule has 0 fully saturated rings. The Kier molecular flexibility index (Phi) is 4.56. The molecule has 0 aliphatic rings. The van der Waals surface area contributed by atoms with E-state index in [9.17, 15) is 18.0 Å². The van der Waals surface area contributed by atoms with Gasteiger partial charge in [-0.25, -0.2) is 0 Å². The molecule has 0 N–H and O–H groups in total. The summed E-state index contributed by atoms with van der Waals surface area (Å²) in [6.45, 7) is 0.972.